The summed E-state index contributed by atoms with van der Waals surface area (Å²) in [5.41, 5.74) is 0. The first kappa shape index (κ1) is 106. The van der Waals surface area contributed by atoms with Crippen LogP contribution in [0, 0.1) is 0 Å². The molecule has 0 aromatic heterocycles. The Morgan fingerprint density at radius 3 is 0.757 bits per heavy atom. The Morgan fingerprint density at radius 1 is 0.261 bits per heavy atom. The summed E-state index contributed by atoms with van der Waals surface area (Å²) >= 11 is 0. The number of rotatable bonds is 83. The van der Waals surface area contributed by atoms with Gasteiger partial charge < -0.3 is 34.2 Å². The van der Waals surface area contributed by atoms with Gasteiger partial charge in [-0.1, -0.05) is 372 Å². The number of ether oxygens (including phenoxy) is 3. The van der Waals surface area contributed by atoms with Gasteiger partial charge in [0.1, 0.15) is 25.4 Å². The zero-order chi connectivity index (χ0) is 80.8. The van der Waals surface area contributed by atoms with Crippen LogP contribution < -0.4 is 0 Å². The summed E-state index contributed by atoms with van der Waals surface area (Å²) in [6, 6.07) is 0. The van der Waals surface area contributed by atoms with Gasteiger partial charge in [-0.3, -0.25) is 32.5 Å². The average molecular weight is 1600 g/mol. The van der Waals surface area contributed by atoms with Gasteiger partial charge in [0.25, 0.3) is 0 Å². The number of esters is 3. The van der Waals surface area contributed by atoms with Gasteiger partial charge in [-0.05, 0) is 122 Å². The van der Waals surface area contributed by atoms with E-state index in [0.717, 1.165) is 161 Å². The lowest BCUT2D eigenvalue weighted by molar-refractivity contribution is -0.161. The van der Waals surface area contributed by atoms with Crippen molar-refractivity contribution in [1.82, 2.24) is 0 Å². The molecule has 18 heteroatoms. The Morgan fingerprint density at radius 2 is 0.477 bits per heavy atom. The van der Waals surface area contributed by atoms with E-state index in [-0.39, 0.29) is 19.3 Å². The third-order valence-corrected chi connectivity index (χ3v) is 20.5. The van der Waals surface area contributed by atoms with E-state index in [4.69, 9.17) is 32.3 Å². The molecule has 0 fully saturated rings. The number of phosphoric ester groups is 2. The third-order valence-electron chi connectivity index (χ3n) is 18.6. The number of hydrogen-bond acceptors (Lipinski definition) is 14. The van der Waals surface area contributed by atoms with Crippen molar-refractivity contribution in [2.45, 2.75) is 386 Å². The summed E-state index contributed by atoms with van der Waals surface area (Å²) in [5.74, 6) is -1.57. The van der Waals surface area contributed by atoms with E-state index in [1.54, 1.807) is 0 Å². The SMILES string of the molecule is CC/C=C\C/C=C\C/C=C\C/C=C\C/C=C\C/C=C\CCCCCCCCCCCCCCC(=O)OCC(O)COP(=O)(O)OCC(O)COP(=O)(O)OCC(COC(=O)CCCCCCCCCCCC/C=C\C/C=C\C/C=C\C/C=C\C/C=C\C/C=C\CC)OC(=O)CCCCCCCCCCCCCCCCC. The van der Waals surface area contributed by atoms with Gasteiger partial charge in [-0.2, -0.15) is 0 Å². The molecule has 5 unspecified atom stereocenters. The van der Waals surface area contributed by atoms with E-state index in [9.17, 15) is 43.5 Å². The number of aliphatic hydroxyl groups excluding tert-OH is 2. The molecule has 0 spiro atoms. The predicted molar refractivity (Wildman–Crippen MR) is 463 cm³/mol. The van der Waals surface area contributed by atoms with E-state index in [0.29, 0.717) is 19.3 Å². The predicted octanol–water partition coefficient (Wildman–Crippen LogP) is 26.8. The number of phosphoric acid groups is 2. The first-order valence-electron chi connectivity index (χ1n) is 44.1. The molecular formula is C93H160O16P2. The fraction of sp³-hybridized carbons (Fsp3) is 0.710. The highest BCUT2D eigenvalue weighted by Gasteiger charge is 2.29. The number of aliphatic hydroxyl groups is 2. The van der Waals surface area contributed by atoms with E-state index < -0.39 is 91.5 Å². The van der Waals surface area contributed by atoms with Crippen LogP contribution in [0.25, 0.3) is 0 Å². The van der Waals surface area contributed by atoms with E-state index >= 15 is 0 Å². The molecule has 4 N–H and O–H groups in total. The fourth-order valence-electron chi connectivity index (χ4n) is 11.9. The van der Waals surface area contributed by atoms with Gasteiger partial charge in [0.05, 0.1) is 26.4 Å². The summed E-state index contributed by atoms with van der Waals surface area (Å²) in [4.78, 5) is 58.9. The molecule has 0 heterocycles. The van der Waals surface area contributed by atoms with Crippen LogP contribution in [0.5, 0.6) is 0 Å². The molecular weight excluding hydrogens is 1430 g/mol. The fourth-order valence-corrected chi connectivity index (χ4v) is 13.5. The second-order valence-electron chi connectivity index (χ2n) is 29.3. The van der Waals surface area contributed by atoms with Gasteiger partial charge >= 0.3 is 33.6 Å². The Bertz CT molecular complexity index is 2600. The maximum atomic E-state index is 13.0. The number of carbonyl (C=O) groups is 3. The van der Waals surface area contributed by atoms with Gasteiger partial charge in [0.2, 0.25) is 0 Å². The summed E-state index contributed by atoms with van der Waals surface area (Å²) in [6.07, 6.45) is 106. The maximum Gasteiger partial charge on any atom is 0.472 e. The summed E-state index contributed by atoms with van der Waals surface area (Å²) in [5, 5.41) is 20.7. The van der Waals surface area contributed by atoms with Crippen LogP contribution in [-0.4, -0.2) is 95.9 Å². The molecule has 0 radical (unpaired) electrons. The van der Waals surface area contributed by atoms with Crippen molar-refractivity contribution in [3.05, 3.63) is 146 Å². The molecule has 0 rings (SSSR count). The molecule has 0 aromatic rings. The minimum atomic E-state index is -4.94. The van der Waals surface area contributed by atoms with Crippen molar-refractivity contribution in [3.8, 4) is 0 Å². The highest BCUT2D eigenvalue weighted by molar-refractivity contribution is 7.47. The lowest BCUT2D eigenvalue weighted by atomic mass is 10.0. The van der Waals surface area contributed by atoms with Gasteiger partial charge in [0.15, 0.2) is 6.10 Å². The number of unbranched alkanes of at least 4 members (excludes halogenated alkanes) is 36. The molecule has 5 atom stereocenters. The van der Waals surface area contributed by atoms with E-state index in [2.05, 4.69) is 167 Å². The van der Waals surface area contributed by atoms with E-state index in [1.807, 2.05) is 0 Å². The summed E-state index contributed by atoms with van der Waals surface area (Å²) < 4.78 is 61.4. The summed E-state index contributed by atoms with van der Waals surface area (Å²) in [7, 11) is -9.80. The minimum Gasteiger partial charge on any atom is -0.463 e. The second-order valence-corrected chi connectivity index (χ2v) is 32.2. The van der Waals surface area contributed by atoms with Gasteiger partial charge in [-0.15, -0.1) is 0 Å². The second kappa shape index (κ2) is 84.8. The molecule has 0 aliphatic heterocycles. The van der Waals surface area contributed by atoms with Crippen LogP contribution in [-0.2, 0) is 55.8 Å². The highest BCUT2D eigenvalue weighted by Crippen LogP contribution is 2.45. The molecule has 16 nitrogen and oxygen atoms in total. The van der Waals surface area contributed by atoms with Crippen molar-refractivity contribution >= 4 is 33.6 Å². The average Bonchev–Trinajstić information content (AvgIpc) is 0.908. The van der Waals surface area contributed by atoms with Crippen molar-refractivity contribution in [3.63, 3.8) is 0 Å². The molecule has 0 aliphatic carbocycles. The molecule has 0 aromatic carbocycles. The topological polar surface area (TPSA) is 231 Å². The van der Waals surface area contributed by atoms with Gasteiger partial charge in [-0.25, -0.2) is 9.13 Å². The van der Waals surface area contributed by atoms with Crippen molar-refractivity contribution in [2.75, 3.05) is 39.6 Å². The van der Waals surface area contributed by atoms with Crippen LogP contribution in [0.3, 0.4) is 0 Å². The Kier molecular flexibility index (Phi) is 81.3. The van der Waals surface area contributed by atoms with E-state index in [1.165, 1.54) is 148 Å². The quantitative estimate of drug-likeness (QED) is 0.0146. The first-order valence-corrected chi connectivity index (χ1v) is 47.1. The van der Waals surface area contributed by atoms with Crippen LogP contribution in [0.2, 0.25) is 0 Å². The normalized spacial score (nSPS) is 14.5. The first-order chi connectivity index (χ1) is 54.2. The lowest BCUT2D eigenvalue weighted by Gasteiger charge is -2.21. The molecule has 111 heavy (non-hydrogen) atoms. The number of carbonyl (C=O) groups excluding carboxylic acids is 3. The molecule has 0 aliphatic rings. The standard InChI is InChI=1S/C93H160O16P2/c1-4-7-10-13-16-19-22-25-28-30-32-34-36-38-40-42-43-45-47-48-50-52-54-56-59-61-64-67-70-73-76-79-91(96)103-82-88(94)83-105-110(99,100)106-84-89(95)85-107-111(101,102)108-87-90(109-93(98)81-78-75-72-69-66-63-58-27-24-21-18-15-12-9-6-3)86-104-92(97)80-77-74-71-68-65-62-60-57-55-53-51-49-46-44-41-39-37-35-33-31-29-26-23-20-17-14-11-8-5-2/h7-8,10-11,16-17,19-20,25-26,28-29,32-35,38-41,43,45-46,49,88-90,94-95H,4-6,9,12-15,18,21-24,27,30-31,36-37,42,44,47-48,50-87H2,1-3H3,(H,99,100)(H,101,102)/b10-7-,11-8-,19-16-,20-17-,28-25-,29-26-,34-32-,35-33-,40-38-,41-39-,45-43-,49-46-. The van der Waals surface area contributed by atoms with Gasteiger partial charge in [0, 0.05) is 19.3 Å². The lowest BCUT2D eigenvalue weighted by Crippen LogP contribution is -2.30. The number of allylic oxidation sites excluding steroid dienone is 24. The van der Waals surface area contributed by atoms with Crippen LogP contribution in [0.1, 0.15) is 367 Å². The third kappa shape index (κ3) is 86.1. The van der Waals surface area contributed by atoms with Crippen molar-refractivity contribution in [2.24, 2.45) is 0 Å². The Balaban J connectivity index is 4.51. The highest BCUT2D eigenvalue weighted by atomic mass is 31.2. The zero-order valence-electron chi connectivity index (χ0n) is 70.1. The zero-order valence-corrected chi connectivity index (χ0v) is 71.9. The monoisotopic (exact) mass is 1600 g/mol. The molecule has 0 saturated heterocycles. The van der Waals surface area contributed by atoms with Crippen LogP contribution in [0.15, 0.2) is 146 Å². The molecule has 0 amide bonds. The summed E-state index contributed by atoms with van der Waals surface area (Å²) in [6.45, 7) is 2.50. The molecule has 0 saturated carbocycles. The largest absolute Gasteiger partial charge is 0.472 e. The smallest absolute Gasteiger partial charge is 0.463 e. The van der Waals surface area contributed by atoms with Crippen molar-refractivity contribution < 1.29 is 75.8 Å². The maximum absolute atomic E-state index is 13.0. The number of hydrogen-bond donors (Lipinski definition) is 4. The molecule has 638 valence electrons. The van der Waals surface area contributed by atoms with Crippen LogP contribution in [0.4, 0.5) is 0 Å². The molecule has 0 bridgehead atoms. The minimum absolute atomic E-state index is 0.105. The van der Waals surface area contributed by atoms with Crippen molar-refractivity contribution in [1.29, 1.82) is 0 Å². The Hall–Kier alpha value is -4.57. The Labute approximate surface area is 677 Å². The van der Waals surface area contributed by atoms with Crippen LogP contribution >= 0.6 is 15.6 Å².